The predicted molar refractivity (Wildman–Crippen MR) is 137 cm³/mol. The van der Waals surface area contributed by atoms with E-state index >= 15 is 0 Å². The molecule has 35 heavy (non-hydrogen) atoms. The Morgan fingerprint density at radius 2 is 1.77 bits per heavy atom. The van der Waals surface area contributed by atoms with Crippen LogP contribution in [0.15, 0.2) is 66.7 Å². The summed E-state index contributed by atoms with van der Waals surface area (Å²) < 4.78 is 16.4. The molecule has 5 aromatic rings. The lowest BCUT2D eigenvalue weighted by molar-refractivity contribution is 0.0691. The molecule has 176 valence electrons. The van der Waals surface area contributed by atoms with E-state index in [1.165, 1.54) is 17.2 Å². The number of H-pyrrole nitrogens is 1. The van der Waals surface area contributed by atoms with Gasteiger partial charge in [0.25, 0.3) is 5.91 Å². The topological polar surface area (TPSA) is 53.9 Å². The Kier molecular flexibility index (Phi) is 5.17. The van der Waals surface area contributed by atoms with Crippen molar-refractivity contribution in [3.63, 3.8) is 0 Å². The van der Waals surface area contributed by atoms with Crippen LogP contribution in [0, 0.1) is 19.7 Å². The first kappa shape index (κ1) is 21.6. The van der Waals surface area contributed by atoms with Gasteiger partial charge in [0, 0.05) is 35.6 Å². The molecule has 0 atom stereocenters. The number of likely N-dealkylation sites (tertiary alicyclic amines) is 1. The van der Waals surface area contributed by atoms with Crippen LogP contribution in [0.5, 0.6) is 0 Å². The minimum absolute atomic E-state index is 0.0292. The molecule has 3 aromatic carbocycles. The number of aryl methyl sites for hydroxylation is 2. The van der Waals surface area contributed by atoms with E-state index in [1.807, 2.05) is 41.3 Å². The molecular weight excluding hydrogens is 439 g/mol. The number of carbonyl (C=O) groups excluding carboxylic acids is 1. The second kappa shape index (κ2) is 8.38. The summed E-state index contributed by atoms with van der Waals surface area (Å²) in [5.41, 5.74) is 6.57. The van der Waals surface area contributed by atoms with Crippen molar-refractivity contribution >= 4 is 27.8 Å². The first-order valence-corrected chi connectivity index (χ1v) is 12.1. The number of rotatable bonds is 3. The average molecular weight is 467 g/mol. The highest BCUT2D eigenvalue weighted by Crippen LogP contribution is 2.34. The Morgan fingerprint density at radius 3 is 2.54 bits per heavy atom. The van der Waals surface area contributed by atoms with Crippen molar-refractivity contribution in [2.45, 2.75) is 32.7 Å². The maximum Gasteiger partial charge on any atom is 0.270 e. The van der Waals surface area contributed by atoms with E-state index in [-0.39, 0.29) is 17.8 Å². The summed E-state index contributed by atoms with van der Waals surface area (Å²) >= 11 is 0. The quantitative estimate of drug-likeness (QED) is 0.334. The van der Waals surface area contributed by atoms with E-state index in [0.29, 0.717) is 18.8 Å². The van der Waals surface area contributed by atoms with Crippen molar-refractivity contribution in [3.05, 3.63) is 89.4 Å². The van der Waals surface area contributed by atoms with Crippen molar-refractivity contribution in [1.29, 1.82) is 0 Å². The van der Waals surface area contributed by atoms with Gasteiger partial charge in [-0.15, -0.1) is 0 Å². The Balaban J connectivity index is 1.29. The molecule has 0 saturated carbocycles. The van der Waals surface area contributed by atoms with Gasteiger partial charge in [-0.1, -0.05) is 36.4 Å². The van der Waals surface area contributed by atoms with Crippen molar-refractivity contribution in [1.82, 2.24) is 19.4 Å². The number of carbonyl (C=O) groups is 1. The maximum absolute atomic E-state index is 14.2. The van der Waals surface area contributed by atoms with Crippen molar-refractivity contribution in [2.75, 3.05) is 13.1 Å². The smallest absolute Gasteiger partial charge is 0.270 e. The van der Waals surface area contributed by atoms with Crippen molar-refractivity contribution < 1.29 is 9.18 Å². The number of nitrogens with one attached hydrogen (secondary N) is 1. The van der Waals surface area contributed by atoms with E-state index in [2.05, 4.69) is 35.5 Å². The third-order valence-electron chi connectivity index (χ3n) is 7.12. The summed E-state index contributed by atoms with van der Waals surface area (Å²) in [6, 6.07) is 21.1. The number of halogens is 1. The second-order valence-electron chi connectivity index (χ2n) is 9.55. The highest BCUT2D eigenvalue weighted by Gasteiger charge is 2.28. The average Bonchev–Trinajstić information content (AvgIpc) is 3.46. The van der Waals surface area contributed by atoms with Gasteiger partial charge in [-0.25, -0.2) is 9.37 Å². The fourth-order valence-corrected chi connectivity index (χ4v) is 5.44. The number of hydrogen-bond donors (Lipinski definition) is 1. The molecule has 1 aliphatic heterocycles. The van der Waals surface area contributed by atoms with Crippen molar-refractivity contribution in [3.8, 4) is 11.4 Å². The number of aromatic amines is 1. The van der Waals surface area contributed by atoms with Gasteiger partial charge in [-0.2, -0.15) is 0 Å². The van der Waals surface area contributed by atoms with E-state index in [9.17, 15) is 9.18 Å². The lowest BCUT2D eigenvalue weighted by Crippen LogP contribution is -2.39. The van der Waals surface area contributed by atoms with E-state index in [4.69, 9.17) is 4.98 Å². The molecule has 2 aromatic heterocycles. The zero-order valence-electron chi connectivity index (χ0n) is 19.9. The summed E-state index contributed by atoms with van der Waals surface area (Å²) in [7, 11) is 0. The summed E-state index contributed by atoms with van der Waals surface area (Å²) in [5.74, 6) is 0.606. The van der Waals surface area contributed by atoms with Crippen LogP contribution in [-0.2, 0) is 0 Å². The molecule has 0 spiro atoms. The number of imidazole rings is 1. The second-order valence-corrected chi connectivity index (χ2v) is 9.55. The lowest BCUT2D eigenvalue weighted by Gasteiger charge is -2.33. The third-order valence-corrected chi connectivity index (χ3v) is 7.12. The Morgan fingerprint density at radius 1 is 1.00 bits per heavy atom. The summed E-state index contributed by atoms with van der Waals surface area (Å²) in [4.78, 5) is 23.4. The van der Waals surface area contributed by atoms with E-state index in [0.717, 1.165) is 46.2 Å². The molecular formula is C29H27FN4O. The van der Waals surface area contributed by atoms with Crippen LogP contribution in [-0.4, -0.2) is 38.4 Å². The minimum atomic E-state index is -0.268. The highest BCUT2D eigenvalue weighted by molar-refractivity contribution is 5.99. The molecule has 0 aliphatic carbocycles. The van der Waals surface area contributed by atoms with Crippen LogP contribution in [0.4, 0.5) is 4.39 Å². The molecule has 1 fully saturated rings. The largest absolute Gasteiger partial charge is 0.351 e. The number of hydrogen-bond acceptors (Lipinski definition) is 2. The lowest BCUT2D eigenvalue weighted by atomic mass is 10.0. The molecule has 3 heterocycles. The van der Waals surface area contributed by atoms with Gasteiger partial charge in [0.1, 0.15) is 17.3 Å². The molecule has 5 nitrogen and oxygen atoms in total. The molecule has 6 heteroatoms. The van der Waals surface area contributed by atoms with Crippen LogP contribution in [0.1, 0.15) is 40.5 Å². The van der Waals surface area contributed by atoms with Gasteiger partial charge in [0.2, 0.25) is 0 Å². The first-order valence-electron chi connectivity index (χ1n) is 12.1. The number of piperidine rings is 1. The van der Waals surface area contributed by atoms with Crippen LogP contribution >= 0.6 is 0 Å². The zero-order valence-corrected chi connectivity index (χ0v) is 19.9. The number of nitrogens with zero attached hydrogens (tertiary/aromatic N) is 3. The van der Waals surface area contributed by atoms with Crippen LogP contribution < -0.4 is 0 Å². The SMILES string of the molecule is Cc1cc(C)c2cc(C(=O)N3CCC(n4c(-c5ccccc5)nc5ccc(F)cc54)CC3)[nH]c2c1. The molecule has 1 saturated heterocycles. The molecule has 1 N–H and O–H groups in total. The Hall–Kier alpha value is -3.93. The number of amides is 1. The van der Waals surface area contributed by atoms with Crippen LogP contribution in [0.2, 0.25) is 0 Å². The molecule has 0 unspecified atom stereocenters. The fourth-order valence-electron chi connectivity index (χ4n) is 5.44. The Bertz CT molecular complexity index is 1560. The summed E-state index contributed by atoms with van der Waals surface area (Å²) in [6.45, 7) is 5.42. The van der Waals surface area contributed by atoms with Crippen LogP contribution in [0.25, 0.3) is 33.3 Å². The highest BCUT2D eigenvalue weighted by atomic mass is 19.1. The minimum Gasteiger partial charge on any atom is -0.351 e. The van der Waals surface area contributed by atoms with Crippen molar-refractivity contribution in [2.24, 2.45) is 0 Å². The standard InChI is InChI=1S/C29H27FN4O/c1-18-14-19(2)23-17-26(31-25(23)15-18)29(35)33-12-10-22(11-13-33)34-27-16-21(30)8-9-24(27)32-28(34)20-6-4-3-5-7-20/h3-9,14-17,22,31H,10-13H2,1-2H3. The maximum atomic E-state index is 14.2. The van der Waals surface area contributed by atoms with Gasteiger partial charge in [0.05, 0.1) is 11.0 Å². The third kappa shape index (κ3) is 3.79. The van der Waals surface area contributed by atoms with Gasteiger partial charge >= 0.3 is 0 Å². The van der Waals surface area contributed by atoms with Gasteiger partial charge in [-0.05, 0) is 68.1 Å². The van der Waals surface area contributed by atoms with Gasteiger partial charge in [-0.3, -0.25) is 4.79 Å². The molecule has 6 rings (SSSR count). The van der Waals surface area contributed by atoms with Gasteiger partial charge in [0.15, 0.2) is 0 Å². The first-order chi connectivity index (χ1) is 17.0. The molecule has 1 aliphatic rings. The molecule has 0 bridgehead atoms. The number of benzene rings is 3. The Labute approximate surface area is 203 Å². The number of aromatic nitrogens is 3. The zero-order chi connectivity index (χ0) is 24.1. The summed E-state index contributed by atoms with van der Waals surface area (Å²) in [6.07, 6.45) is 1.57. The molecule has 1 amide bonds. The fraction of sp³-hybridized carbons (Fsp3) is 0.241. The van der Waals surface area contributed by atoms with E-state index in [1.54, 1.807) is 12.1 Å². The monoisotopic (exact) mass is 466 g/mol. The van der Waals surface area contributed by atoms with Gasteiger partial charge < -0.3 is 14.5 Å². The predicted octanol–water partition coefficient (Wildman–Crippen LogP) is 6.42. The van der Waals surface area contributed by atoms with Crippen LogP contribution in [0.3, 0.4) is 0 Å². The molecule has 0 radical (unpaired) electrons. The van der Waals surface area contributed by atoms with E-state index < -0.39 is 0 Å². The normalized spacial score (nSPS) is 14.8. The summed E-state index contributed by atoms with van der Waals surface area (Å²) in [5, 5.41) is 1.09. The number of fused-ring (bicyclic) bond motifs is 2.